The topological polar surface area (TPSA) is 38.1 Å². The maximum absolute atomic E-state index is 10.7. The Hall–Kier alpha value is -2.17. The van der Waals surface area contributed by atoms with Crippen LogP contribution in [0.25, 0.3) is 16.7 Å². The SMILES string of the molecule is CN1CC2CCCC2C1.O=Cc1ccc2c(c1)ncn2-c1cccc(Cl)c1. The predicted octanol–water partition coefficient (Wildman–Crippen LogP) is 4.84. The zero-order valence-corrected chi connectivity index (χ0v) is 16.3. The van der Waals surface area contributed by atoms with Crippen LogP contribution in [-0.4, -0.2) is 40.9 Å². The molecular weight excluding hydrogens is 358 g/mol. The maximum atomic E-state index is 10.7. The third kappa shape index (κ3) is 3.92. The first-order chi connectivity index (χ1) is 13.1. The van der Waals surface area contributed by atoms with Crippen molar-refractivity contribution in [3.8, 4) is 5.69 Å². The van der Waals surface area contributed by atoms with Gasteiger partial charge >= 0.3 is 0 Å². The summed E-state index contributed by atoms with van der Waals surface area (Å²) in [7, 11) is 2.25. The van der Waals surface area contributed by atoms with E-state index in [2.05, 4.69) is 16.9 Å². The van der Waals surface area contributed by atoms with E-state index in [0.29, 0.717) is 10.6 Å². The van der Waals surface area contributed by atoms with Crippen molar-refractivity contribution in [1.82, 2.24) is 14.5 Å². The fourth-order valence-electron chi connectivity index (χ4n) is 4.40. The van der Waals surface area contributed by atoms with Gasteiger partial charge in [0.2, 0.25) is 0 Å². The van der Waals surface area contributed by atoms with E-state index in [-0.39, 0.29) is 0 Å². The molecule has 0 N–H and O–H groups in total. The van der Waals surface area contributed by atoms with Crippen molar-refractivity contribution in [1.29, 1.82) is 0 Å². The van der Waals surface area contributed by atoms with Gasteiger partial charge in [0.15, 0.2) is 0 Å². The standard InChI is InChI=1S/C14H9ClN2O.C8H15N/c15-11-2-1-3-12(7-11)17-9-16-13-6-10(8-18)4-5-14(13)17;1-9-5-7-3-2-4-8(7)6-9/h1-9H;7-8H,2-6H2,1H3. The highest BCUT2D eigenvalue weighted by molar-refractivity contribution is 6.30. The molecule has 1 aromatic heterocycles. The lowest BCUT2D eigenvalue weighted by atomic mass is 10.0. The van der Waals surface area contributed by atoms with Crippen LogP contribution >= 0.6 is 11.6 Å². The molecule has 1 aliphatic heterocycles. The molecule has 1 saturated heterocycles. The van der Waals surface area contributed by atoms with Crippen LogP contribution in [0.15, 0.2) is 48.8 Å². The number of carbonyl (C=O) groups excluding carboxylic acids is 1. The van der Waals surface area contributed by atoms with Gasteiger partial charge in [0.05, 0.1) is 11.0 Å². The zero-order valence-electron chi connectivity index (χ0n) is 15.5. The summed E-state index contributed by atoms with van der Waals surface area (Å²) in [6.07, 6.45) is 7.07. The second-order valence-corrected chi connectivity index (χ2v) is 8.07. The monoisotopic (exact) mass is 381 g/mol. The molecule has 1 aliphatic carbocycles. The van der Waals surface area contributed by atoms with E-state index >= 15 is 0 Å². The number of hydrogen-bond donors (Lipinski definition) is 0. The molecule has 2 fully saturated rings. The molecule has 2 unspecified atom stereocenters. The van der Waals surface area contributed by atoms with E-state index in [1.54, 1.807) is 18.5 Å². The van der Waals surface area contributed by atoms with Gasteiger partial charge in [0.25, 0.3) is 0 Å². The summed E-state index contributed by atoms with van der Waals surface area (Å²) < 4.78 is 1.94. The number of aldehydes is 1. The minimum absolute atomic E-state index is 0.624. The van der Waals surface area contributed by atoms with Gasteiger partial charge in [0.1, 0.15) is 12.6 Å². The number of halogens is 1. The number of carbonyl (C=O) groups is 1. The summed E-state index contributed by atoms with van der Waals surface area (Å²) in [4.78, 5) is 17.5. The molecule has 2 aliphatic rings. The van der Waals surface area contributed by atoms with Gasteiger partial charge in [-0.3, -0.25) is 9.36 Å². The van der Waals surface area contributed by atoms with Crippen LogP contribution in [0.2, 0.25) is 5.02 Å². The summed E-state index contributed by atoms with van der Waals surface area (Å²) >= 11 is 5.98. The summed E-state index contributed by atoms with van der Waals surface area (Å²) in [5.74, 6) is 2.16. The van der Waals surface area contributed by atoms with Crippen LogP contribution in [0, 0.1) is 11.8 Å². The largest absolute Gasteiger partial charge is 0.306 e. The van der Waals surface area contributed by atoms with Crippen molar-refractivity contribution in [2.75, 3.05) is 20.1 Å². The molecule has 4 nitrogen and oxygen atoms in total. The molecule has 0 spiro atoms. The molecular formula is C22H24ClN3O. The fourth-order valence-corrected chi connectivity index (χ4v) is 4.59. The number of benzene rings is 2. The van der Waals surface area contributed by atoms with Gasteiger partial charge in [-0.2, -0.15) is 0 Å². The molecule has 2 heterocycles. The van der Waals surface area contributed by atoms with Crippen molar-refractivity contribution in [3.05, 3.63) is 59.4 Å². The fraction of sp³-hybridized carbons (Fsp3) is 0.364. The number of likely N-dealkylation sites (tertiary alicyclic amines) is 1. The number of aromatic nitrogens is 2. The lowest BCUT2D eigenvalue weighted by Crippen LogP contribution is -2.14. The van der Waals surface area contributed by atoms with E-state index in [1.165, 1.54) is 32.4 Å². The number of rotatable bonds is 2. The van der Waals surface area contributed by atoms with Gasteiger partial charge < -0.3 is 4.90 Å². The van der Waals surface area contributed by atoms with E-state index in [0.717, 1.165) is 34.8 Å². The molecule has 0 bridgehead atoms. The van der Waals surface area contributed by atoms with Crippen LogP contribution in [0.5, 0.6) is 0 Å². The van der Waals surface area contributed by atoms with Gasteiger partial charge in [-0.15, -0.1) is 0 Å². The van der Waals surface area contributed by atoms with Crippen LogP contribution in [0.4, 0.5) is 0 Å². The normalized spacial score (nSPS) is 21.7. The minimum atomic E-state index is 0.624. The first-order valence-electron chi connectivity index (χ1n) is 9.51. The Morgan fingerprint density at radius 1 is 1.11 bits per heavy atom. The van der Waals surface area contributed by atoms with Crippen LogP contribution in [0.1, 0.15) is 29.6 Å². The minimum Gasteiger partial charge on any atom is -0.306 e. The second kappa shape index (κ2) is 7.83. The molecule has 0 amide bonds. The molecule has 1 saturated carbocycles. The van der Waals surface area contributed by atoms with Crippen molar-refractivity contribution < 1.29 is 4.79 Å². The van der Waals surface area contributed by atoms with E-state index in [4.69, 9.17) is 11.6 Å². The van der Waals surface area contributed by atoms with E-state index in [9.17, 15) is 4.79 Å². The maximum Gasteiger partial charge on any atom is 0.150 e. The van der Waals surface area contributed by atoms with Crippen molar-refractivity contribution in [3.63, 3.8) is 0 Å². The Morgan fingerprint density at radius 2 is 1.89 bits per heavy atom. The molecule has 140 valence electrons. The Morgan fingerprint density at radius 3 is 2.59 bits per heavy atom. The Kier molecular flexibility index (Phi) is 5.28. The summed E-state index contributed by atoms with van der Waals surface area (Å²) in [6, 6.07) is 13.0. The third-order valence-electron chi connectivity index (χ3n) is 5.70. The van der Waals surface area contributed by atoms with Crippen LogP contribution < -0.4 is 0 Å². The first-order valence-corrected chi connectivity index (χ1v) is 9.88. The highest BCUT2D eigenvalue weighted by Gasteiger charge is 2.33. The average Bonchev–Trinajstić information content (AvgIpc) is 3.35. The molecule has 27 heavy (non-hydrogen) atoms. The molecule has 2 aromatic carbocycles. The number of nitrogens with zero attached hydrogens (tertiary/aromatic N) is 3. The predicted molar refractivity (Wildman–Crippen MR) is 110 cm³/mol. The quantitative estimate of drug-likeness (QED) is 0.596. The highest BCUT2D eigenvalue weighted by atomic mass is 35.5. The molecule has 3 aromatic rings. The smallest absolute Gasteiger partial charge is 0.150 e. The van der Waals surface area contributed by atoms with E-state index in [1.807, 2.05) is 34.9 Å². The molecule has 5 heteroatoms. The third-order valence-corrected chi connectivity index (χ3v) is 5.94. The summed E-state index contributed by atoms with van der Waals surface area (Å²) in [6.45, 7) is 2.76. The molecule has 5 rings (SSSR count). The Bertz CT molecular complexity index is 940. The molecule has 2 atom stereocenters. The number of fused-ring (bicyclic) bond motifs is 2. The van der Waals surface area contributed by atoms with Gasteiger partial charge in [-0.25, -0.2) is 4.98 Å². The molecule has 0 radical (unpaired) electrons. The Balaban J connectivity index is 0.000000167. The van der Waals surface area contributed by atoms with Gasteiger partial charge in [-0.05, 0) is 68.1 Å². The van der Waals surface area contributed by atoms with E-state index < -0.39 is 0 Å². The summed E-state index contributed by atoms with van der Waals surface area (Å²) in [5.41, 5.74) is 3.31. The zero-order chi connectivity index (χ0) is 18.8. The van der Waals surface area contributed by atoms with Gasteiger partial charge in [-0.1, -0.05) is 24.1 Å². The van der Waals surface area contributed by atoms with Gasteiger partial charge in [0, 0.05) is 29.4 Å². The number of imidazole rings is 1. The summed E-state index contributed by atoms with van der Waals surface area (Å²) in [5, 5.41) is 0.680. The second-order valence-electron chi connectivity index (χ2n) is 7.63. The van der Waals surface area contributed by atoms with Crippen molar-refractivity contribution >= 4 is 28.9 Å². The lowest BCUT2D eigenvalue weighted by molar-refractivity contribution is 0.112. The van der Waals surface area contributed by atoms with Crippen LogP contribution in [-0.2, 0) is 0 Å². The van der Waals surface area contributed by atoms with Crippen molar-refractivity contribution in [2.45, 2.75) is 19.3 Å². The highest BCUT2D eigenvalue weighted by Crippen LogP contribution is 2.36. The number of hydrogen-bond acceptors (Lipinski definition) is 3. The van der Waals surface area contributed by atoms with Crippen molar-refractivity contribution in [2.24, 2.45) is 11.8 Å². The Labute approximate surface area is 164 Å². The van der Waals surface area contributed by atoms with Crippen LogP contribution in [0.3, 0.4) is 0 Å². The first kappa shape index (κ1) is 18.2. The lowest BCUT2D eigenvalue weighted by Gasteiger charge is -2.06. The average molecular weight is 382 g/mol.